The van der Waals surface area contributed by atoms with Gasteiger partial charge in [-0.2, -0.15) is 5.10 Å². The van der Waals surface area contributed by atoms with Crippen LogP contribution >= 0.6 is 0 Å². The summed E-state index contributed by atoms with van der Waals surface area (Å²) < 4.78 is 29.8. The third-order valence-electron chi connectivity index (χ3n) is 4.97. The molecule has 1 atom stereocenters. The van der Waals surface area contributed by atoms with Gasteiger partial charge in [-0.1, -0.05) is 12.8 Å². The van der Waals surface area contributed by atoms with Gasteiger partial charge < -0.3 is 4.90 Å². The standard InChI is InChI=1S/C16H26N4O3S/c21-16(8-12-20-11-4-9-17-20)19-10-3-7-15(13-19)24(22,23)18-14-5-1-2-6-14/h4,9,11,14-15,18H,1-3,5-8,10,12-13H2. The molecule has 1 aliphatic carbocycles. The molecule has 7 nitrogen and oxygen atoms in total. The molecular formula is C16H26N4O3S. The predicted molar refractivity (Wildman–Crippen MR) is 90.8 cm³/mol. The van der Waals surface area contributed by atoms with Crippen LogP contribution in [0.2, 0.25) is 0 Å². The van der Waals surface area contributed by atoms with Crippen molar-refractivity contribution in [3.63, 3.8) is 0 Å². The average molecular weight is 354 g/mol. The Hall–Kier alpha value is -1.41. The van der Waals surface area contributed by atoms with E-state index >= 15 is 0 Å². The highest BCUT2D eigenvalue weighted by molar-refractivity contribution is 7.90. The first kappa shape index (κ1) is 17.4. The molecule has 8 heteroatoms. The molecule has 1 unspecified atom stereocenters. The summed E-state index contributed by atoms with van der Waals surface area (Å²) in [5, 5.41) is 3.60. The van der Waals surface area contributed by atoms with Gasteiger partial charge in [0.15, 0.2) is 0 Å². The zero-order valence-corrected chi connectivity index (χ0v) is 14.7. The van der Waals surface area contributed by atoms with E-state index in [4.69, 9.17) is 0 Å². The van der Waals surface area contributed by atoms with Gasteiger partial charge in [-0.3, -0.25) is 9.48 Å². The van der Waals surface area contributed by atoms with Crippen molar-refractivity contribution in [2.24, 2.45) is 0 Å². The van der Waals surface area contributed by atoms with Crippen molar-refractivity contribution in [2.75, 3.05) is 13.1 Å². The number of hydrogen-bond acceptors (Lipinski definition) is 4. The Bertz CT molecular complexity index is 638. The molecule has 2 fully saturated rings. The zero-order chi connectivity index (χ0) is 17.0. The number of sulfonamides is 1. The Kier molecular flexibility index (Phi) is 5.55. The molecule has 3 rings (SSSR count). The molecule has 2 heterocycles. The fraction of sp³-hybridized carbons (Fsp3) is 0.750. The first-order chi connectivity index (χ1) is 11.5. The van der Waals surface area contributed by atoms with Crippen LogP contribution in [0.4, 0.5) is 0 Å². The fourth-order valence-electron chi connectivity index (χ4n) is 3.59. The molecule has 0 aromatic carbocycles. The molecule has 1 N–H and O–H groups in total. The molecule has 0 spiro atoms. The van der Waals surface area contributed by atoms with Gasteiger partial charge in [0.2, 0.25) is 15.9 Å². The number of carbonyl (C=O) groups excluding carboxylic acids is 1. The summed E-state index contributed by atoms with van der Waals surface area (Å²) in [5.74, 6) is 0.00580. The van der Waals surface area contributed by atoms with Crippen molar-refractivity contribution in [1.82, 2.24) is 19.4 Å². The minimum atomic E-state index is -3.35. The molecule has 1 saturated carbocycles. The number of likely N-dealkylation sites (tertiary alicyclic amines) is 1. The van der Waals surface area contributed by atoms with E-state index in [-0.39, 0.29) is 11.9 Å². The number of piperidine rings is 1. The second-order valence-electron chi connectivity index (χ2n) is 6.77. The van der Waals surface area contributed by atoms with Crippen LogP contribution < -0.4 is 4.72 Å². The molecular weight excluding hydrogens is 328 g/mol. The van der Waals surface area contributed by atoms with Crippen LogP contribution in [0.25, 0.3) is 0 Å². The van der Waals surface area contributed by atoms with E-state index in [9.17, 15) is 13.2 Å². The fourth-order valence-corrected chi connectivity index (χ4v) is 5.34. The Labute approximate surface area is 143 Å². The maximum absolute atomic E-state index is 12.6. The van der Waals surface area contributed by atoms with Crippen LogP contribution in [0.1, 0.15) is 44.9 Å². The van der Waals surface area contributed by atoms with Gasteiger partial charge in [-0.05, 0) is 31.7 Å². The third kappa shape index (κ3) is 4.36. The first-order valence-corrected chi connectivity index (χ1v) is 10.4. The summed E-state index contributed by atoms with van der Waals surface area (Å²) in [4.78, 5) is 14.1. The molecule has 1 amide bonds. The third-order valence-corrected chi connectivity index (χ3v) is 6.89. The summed E-state index contributed by atoms with van der Waals surface area (Å²) in [6, 6.07) is 1.91. The van der Waals surface area contributed by atoms with Crippen molar-refractivity contribution < 1.29 is 13.2 Å². The predicted octanol–water partition coefficient (Wildman–Crippen LogP) is 1.13. The smallest absolute Gasteiger partial charge is 0.224 e. The maximum atomic E-state index is 12.6. The van der Waals surface area contributed by atoms with Crippen LogP contribution in [-0.2, 0) is 21.4 Å². The molecule has 1 aromatic rings. The number of carbonyl (C=O) groups is 1. The molecule has 1 aliphatic heterocycles. The second kappa shape index (κ2) is 7.65. The molecule has 0 radical (unpaired) electrons. The first-order valence-electron chi connectivity index (χ1n) is 8.81. The van der Waals surface area contributed by atoms with Crippen molar-refractivity contribution in [3.8, 4) is 0 Å². The monoisotopic (exact) mass is 354 g/mol. The zero-order valence-electron chi connectivity index (χ0n) is 13.9. The van der Waals surface area contributed by atoms with E-state index in [0.717, 1.165) is 32.1 Å². The van der Waals surface area contributed by atoms with Gasteiger partial charge in [0.05, 0.1) is 5.25 Å². The van der Waals surface area contributed by atoms with E-state index in [2.05, 4.69) is 9.82 Å². The second-order valence-corrected chi connectivity index (χ2v) is 8.76. The van der Waals surface area contributed by atoms with Crippen LogP contribution in [0.15, 0.2) is 18.5 Å². The molecule has 1 saturated heterocycles. The van der Waals surface area contributed by atoms with Crippen molar-refractivity contribution in [2.45, 2.75) is 62.8 Å². The number of aromatic nitrogens is 2. The molecule has 24 heavy (non-hydrogen) atoms. The number of nitrogens with one attached hydrogen (secondary N) is 1. The van der Waals surface area contributed by atoms with E-state index < -0.39 is 15.3 Å². The van der Waals surface area contributed by atoms with E-state index in [1.165, 1.54) is 0 Å². The summed E-state index contributed by atoms with van der Waals surface area (Å²) in [6.45, 7) is 1.48. The van der Waals surface area contributed by atoms with Gasteiger partial charge in [0.1, 0.15) is 0 Å². The quantitative estimate of drug-likeness (QED) is 0.830. The highest BCUT2D eigenvalue weighted by Crippen LogP contribution is 2.22. The van der Waals surface area contributed by atoms with Gasteiger partial charge in [-0.25, -0.2) is 13.1 Å². The molecule has 0 bridgehead atoms. The minimum Gasteiger partial charge on any atom is -0.341 e. The van der Waals surface area contributed by atoms with Gasteiger partial charge in [0, 0.05) is 44.5 Å². The number of aryl methyl sites for hydroxylation is 1. The van der Waals surface area contributed by atoms with Crippen LogP contribution in [0, 0.1) is 0 Å². The summed E-state index contributed by atoms with van der Waals surface area (Å²) in [7, 11) is -3.35. The topological polar surface area (TPSA) is 84.3 Å². The van der Waals surface area contributed by atoms with Gasteiger partial charge in [0.25, 0.3) is 0 Å². The number of amides is 1. The van der Waals surface area contributed by atoms with Gasteiger partial charge in [-0.15, -0.1) is 0 Å². The van der Waals surface area contributed by atoms with E-state index in [0.29, 0.717) is 32.5 Å². The Morgan fingerprint density at radius 3 is 2.71 bits per heavy atom. The van der Waals surface area contributed by atoms with Crippen molar-refractivity contribution >= 4 is 15.9 Å². The number of hydrogen-bond donors (Lipinski definition) is 1. The summed E-state index contributed by atoms with van der Waals surface area (Å²) >= 11 is 0. The van der Waals surface area contributed by atoms with Crippen molar-refractivity contribution in [3.05, 3.63) is 18.5 Å². The lowest BCUT2D eigenvalue weighted by atomic mass is 10.1. The molecule has 134 valence electrons. The van der Waals surface area contributed by atoms with Crippen LogP contribution in [-0.4, -0.2) is 53.4 Å². The Morgan fingerprint density at radius 1 is 1.21 bits per heavy atom. The van der Waals surface area contributed by atoms with Gasteiger partial charge >= 0.3 is 0 Å². The van der Waals surface area contributed by atoms with E-state index in [1.807, 2.05) is 12.3 Å². The maximum Gasteiger partial charge on any atom is 0.224 e. The summed E-state index contributed by atoms with van der Waals surface area (Å²) in [6.07, 6.45) is 9.27. The number of nitrogens with zero attached hydrogens (tertiary/aromatic N) is 3. The summed E-state index contributed by atoms with van der Waals surface area (Å²) in [5.41, 5.74) is 0. The molecule has 1 aromatic heterocycles. The van der Waals surface area contributed by atoms with Crippen molar-refractivity contribution in [1.29, 1.82) is 0 Å². The Morgan fingerprint density at radius 2 is 2.00 bits per heavy atom. The molecule has 2 aliphatic rings. The number of rotatable bonds is 6. The normalized spacial score (nSPS) is 22.8. The lowest BCUT2D eigenvalue weighted by Crippen LogP contribution is -2.50. The average Bonchev–Trinajstić information content (AvgIpc) is 3.26. The minimum absolute atomic E-state index is 0.00580. The highest BCUT2D eigenvalue weighted by atomic mass is 32.2. The Balaban J connectivity index is 1.53. The van der Waals surface area contributed by atoms with Crippen LogP contribution in [0.5, 0.6) is 0 Å². The van der Waals surface area contributed by atoms with E-state index in [1.54, 1.807) is 15.8 Å². The lowest BCUT2D eigenvalue weighted by Gasteiger charge is -2.33. The largest absolute Gasteiger partial charge is 0.341 e. The highest BCUT2D eigenvalue weighted by Gasteiger charge is 2.34. The lowest BCUT2D eigenvalue weighted by molar-refractivity contribution is -0.132. The SMILES string of the molecule is O=C(CCn1cccn1)N1CCCC(S(=O)(=O)NC2CCCC2)C1. The van der Waals surface area contributed by atoms with Crippen LogP contribution in [0.3, 0.4) is 0 Å².